The average Bonchev–Trinajstić information content (AvgIpc) is 2.73. The average molecular weight is 328 g/mol. The van der Waals surface area contributed by atoms with E-state index in [4.69, 9.17) is 5.26 Å². The Morgan fingerprint density at radius 1 is 1.38 bits per heavy atom. The van der Waals surface area contributed by atoms with Gasteiger partial charge in [-0.25, -0.2) is 16.8 Å². The van der Waals surface area contributed by atoms with E-state index in [2.05, 4.69) is 0 Å². The van der Waals surface area contributed by atoms with E-state index in [1.54, 1.807) is 6.92 Å². The molecule has 1 aliphatic heterocycles. The number of rotatable bonds is 3. The summed E-state index contributed by atoms with van der Waals surface area (Å²) in [6.45, 7) is 1.63. The highest BCUT2D eigenvalue weighted by Crippen LogP contribution is 2.32. The zero-order valence-electron chi connectivity index (χ0n) is 11.8. The Hall–Kier alpha value is -1.43. The van der Waals surface area contributed by atoms with E-state index in [9.17, 15) is 16.8 Å². The van der Waals surface area contributed by atoms with Gasteiger partial charge in [0, 0.05) is 12.6 Å². The summed E-state index contributed by atoms with van der Waals surface area (Å²) >= 11 is 0. The lowest BCUT2D eigenvalue weighted by Crippen LogP contribution is -2.48. The van der Waals surface area contributed by atoms with Gasteiger partial charge in [0.25, 0.3) is 0 Å². The van der Waals surface area contributed by atoms with E-state index in [-0.39, 0.29) is 28.4 Å². The SMILES string of the molecule is CN([C@]1(C)CCS(=O)(=O)C1)S(=O)(=O)c1cccc(C#N)c1. The van der Waals surface area contributed by atoms with Crippen molar-refractivity contribution in [3.63, 3.8) is 0 Å². The number of nitriles is 1. The highest BCUT2D eigenvalue weighted by Gasteiger charge is 2.46. The lowest BCUT2D eigenvalue weighted by atomic mass is 10.0. The molecular formula is C13H16N2O4S2. The van der Waals surface area contributed by atoms with Crippen molar-refractivity contribution >= 4 is 19.9 Å². The maximum Gasteiger partial charge on any atom is 0.243 e. The van der Waals surface area contributed by atoms with Crippen molar-refractivity contribution in [1.29, 1.82) is 5.26 Å². The zero-order valence-corrected chi connectivity index (χ0v) is 13.4. The van der Waals surface area contributed by atoms with Crippen LogP contribution in [0.2, 0.25) is 0 Å². The Balaban J connectivity index is 2.42. The lowest BCUT2D eigenvalue weighted by Gasteiger charge is -2.33. The van der Waals surface area contributed by atoms with Crippen LogP contribution >= 0.6 is 0 Å². The Morgan fingerprint density at radius 3 is 2.57 bits per heavy atom. The minimum atomic E-state index is -3.85. The number of sulfone groups is 1. The van der Waals surface area contributed by atoms with Crippen LogP contribution < -0.4 is 0 Å². The number of sulfonamides is 1. The molecule has 0 spiro atoms. The van der Waals surface area contributed by atoms with Crippen LogP contribution in [0, 0.1) is 11.3 Å². The Bertz CT molecular complexity index is 809. The summed E-state index contributed by atoms with van der Waals surface area (Å²) in [5, 5.41) is 8.86. The number of hydrogen-bond donors (Lipinski definition) is 0. The molecule has 1 atom stereocenters. The summed E-state index contributed by atoms with van der Waals surface area (Å²) in [6, 6.07) is 7.59. The summed E-state index contributed by atoms with van der Waals surface area (Å²) in [5.74, 6) is -0.199. The van der Waals surface area contributed by atoms with Gasteiger partial charge in [0.1, 0.15) is 0 Å². The van der Waals surface area contributed by atoms with E-state index in [1.807, 2.05) is 6.07 Å². The number of benzene rings is 1. The molecule has 0 aliphatic carbocycles. The van der Waals surface area contributed by atoms with Crippen molar-refractivity contribution in [1.82, 2.24) is 4.31 Å². The van der Waals surface area contributed by atoms with Crippen LogP contribution in [0.15, 0.2) is 29.2 Å². The van der Waals surface area contributed by atoms with E-state index in [0.29, 0.717) is 0 Å². The van der Waals surface area contributed by atoms with Gasteiger partial charge in [-0.05, 0) is 31.5 Å². The number of hydrogen-bond acceptors (Lipinski definition) is 5. The Morgan fingerprint density at radius 2 is 2.05 bits per heavy atom. The molecule has 1 aliphatic rings. The normalized spacial score (nSPS) is 24.9. The molecule has 1 saturated heterocycles. The van der Waals surface area contributed by atoms with Gasteiger partial charge in [-0.1, -0.05) is 6.07 Å². The molecule has 1 fully saturated rings. The lowest BCUT2D eigenvalue weighted by molar-refractivity contribution is 0.272. The summed E-state index contributed by atoms with van der Waals surface area (Å²) in [6.07, 6.45) is 0.267. The van der Waals surface area contributed by atoms with Crippen molar-refractivity contribution in [2.45, 2.75) is 23.8 Å². The first-order valence-corrected chi connectivity index (χ1v) is 9.57. The second-order valence-electron chi connectivity index (χ2n) is 5.45. The molecule has 2 rings (SSSR count). The third-order valence-corrected chi connectivity index (χ3v) is 7.76. The van der Waals surface area contributed by atoms with E-state index in [1.165, 1.54) is 31.3 Å². The smallest absolute Gasteiger partial charge is 0.229 e. The van der Waals surface area contributed by atoms with Crippen LogP contribution in [0.3, 0.4) is 0 Å². The molecule has 6 nitrogen and oxygen atoms in total. The third-order valence-electron chi connectivity index (χ3n) is 3.86. The molecule has 0 aromatic heterocycles. The van der Waals surface area contributed by atoms with Crippen LogP contribution in [0.4, 0.5) is 0 Å². The second-order valence-corrected chi connectivity index (χ2v) is 9.60. The molecule has 0 radical (unpaired) electrons. The monoisotopic (exact) mass is 328 g/mol. The molecule has 1 aromatic carbocycles. The minimum Gasteiger partial charge on any atom is -0.229 e. The molecular weight excluding hydrogens is 312 g/mol. The van der Waals surface area contributed by atoms with Crippen LogP contribution in [-0.4, -0.2) is 45.2 Å². The Kier molecular flexibility index (Phi) is 3.86. The largest absolute Gasteiger partial charge is 0.243 e. The first kappa shape index (κ1) is 15.9. The molecule has 0 bridgehead atoms. The fourth-order valence-electron chi connectivity index (χ4n) is 2.42. The van der Waals surface area contributed by atoms with Crippen molar-refractivity contribution < 1.29 is 16.8 Å². The predicted molar refractivity (Wildman–Crippen MR) is 77.8 cm³/mol. The van der Waals surface area contributed by atoms with E-state index < -0.39 is 25.4 Å². The van der Waals surface area contributed by atoms with Gasteiger partial charge in [-0.15, -0.1) is 0 Å². The van der Waals surface area contributed by atoms with Gasteiger partial charge in [-0.3, -0.25) is 0 Å². The van der Waals surface area contributed by atoms with Crippen LogP contribution in [0.5, 0.6) is 0 Å². The third kappa shape index (κ3) is 2.95. The minimum absolute atomic E-state index is 0.00503. The standard InChI is InChI=1S/C13H16N2O4S2/c1-13(6-7-20(16,17)10-13)15(2)21(18,19)12-5-3-4-11(8-12)9-14/h3-5,8H,6-7,10H2,1-2H3/t13-/m1/s1. The van der Waals surface area contributed by atoms with Gasteiger partial charge >= 0.3 is 0 Å². The maximum atomic E-state index is 12.6. The molecule has 114 valence electrons. The summed E-state index contributed by atoms with van der Waals surface area (Å²) in [5.41, 5.74) is -0.714. The van der Waals surface area contributed by atoms with Crippen molar-refractivity contribution in [2.75, 3.05) is 18.6 Å². The molecule has 21 heavy (non-hydrogen) atoms. The van der Waals surface area contributed by atoms with Gasteiger partial charge in [0.2, 0.25) is 10.0 Å². The first-order valence-electron chi connectivity index (χ1n) is 6.30. The molecule has 1 heterocycles. The van der Waals surface area contributed by atoms with Gasteiger partial charge in [0.05, 0.1) is 28.0 Å². The summed E-state index contributed by atoms with van der Waals surface area (Å²) in [7, 11) is -5.67. The molecule has 0 saturated carbocycles. The van der Waals surface area contributed by atoms with Crippen molar-refractivity contribution in [2.24, 2.45) is 0 Å². The van der Waals surface area contributed by atoms with E-state index in [0.717, 1.165) is 4.31 Å². The maximum absolute atomic E-state index is 12.6. The van der Waals surface area contributed by atoms with Gasteiger partial charge in [0.15, 0.2) is 9.84 Å². The second kappa shape index (κ2) is 5.09. The summed E-state index contributed by atoms with van der Waals surface area (Å²) < 4.78 is 49.7. The summed E-state index contributed by atoms with van der Waals surface area (Å²) in [4.78, 5) is -0.00503. The predicted octanol–water partition coefficient (Wildman–Crippen LogP) is 0.756. The number of nitrogens with zero attached hydrogens (tertiary/aromatic N) is 2. The molecule has 1 aromatic rings. The fraction of sp³-hybridized carbons (Fsp3) is 0.462. The van der Waals surface area contributed by atoms with Crippen LogP contribution in [0.1, 0.15) is 18.9 Å². The fourth-order valence-corrected chi connectivity index (χ4v) is 6.26. The molecule has 0 N–H and O–H groups in total. The van der Waals surface area contributed by atoms with Gasteiger partial charge < -0.3 is 0 Å². The molecule has 0 amide bonds. The topological polar surface area (TPSA) is 95.3 Å². The van der Waals surface area contributed by atoms with Crippen LogP contribution in [-0.2, 0) is 19.9 Å². The molecule has 0 unspecified atom stereocenters. The quantitative estimate of drug-likeness (QED) is 0.816. The zero-order chi connectivity index (χ0) is 15.9. The highest BCUT2D eigenvalue weighted by molar-refractivity contribution is 7.92. The van der Waals surface area contributed by atoms with Crippen molar-refractivity contribution in [3.8, 4) is 6.07 Å². The van der Waals surface area contributed by atoms with Crippen molar-refractivity contribution in [3.05, 3.63) is 29.8 Å². The molecule has 8 heteroatoms. The Labute approximate surface area is 125 Å². The van der Waals surface area contributed by atoms with Gasteiger partial charge in [-0.2, -0.15) is 9.57 Å². The van der Waals surface area contributed by atoms with Crippen LogP contribution in [0.25, 0.3) is 0 Å². The first-order chi connectivity index (χ1) is 9.61. The highest BCUT2D eigenvalue weighted by atomic mass is 32.2. The van der Waals surface area contributed by atoms with E-state index >= 15 is 0 Å².